The Morgan fingerprint density at radius 3 is 2.76 bits per heavy atom. The molecule has 0 fully saturated rings. The lowest BCUT2D eigenvalue weighted by Gasteiger charge is -2.09. The molecule has 0 aliphatic rings. The van der Waals surface area contributed by atoms with Gasteiger partial charge in [0.2, 0.25) is 5.91 Å². The molecule has 0 spiro atoms. The molecule has 0 bridgehead atoms. The second-order valence-corrected chi connectivity index (χ2v) is 5.35. The van der Waals surface area contributed by atoms with E-state index < -0.39 is 0 Å². The minimum absolute atomic E-state index is 0.141. The maximum atomic E-state index is 11.9. The monoisotopic (exact) mass is 306 g/mol. The van der Waals surface area contributed by atoms with E-state index in [2.05, 4.69) is 4.99 Å². The lowest BCUT2D eigenvalue weighted by Crippen LogP contribution is -2.12. The van der Waals surface area contributed by atoms with Crippen molar-refractivity contribution in [1.82, 2.24) is 4.57 Å². The molecule has 2 rings (SSSR count). The van der Waals surface area contributed by atoms with Crippen LogP contribution in [0.3, 0.4) is 0 Å². The number of hydrogen-bond donors (Lipinski definition) is 0. The van der Waals surface area contributed by atoms with Gasteiger partial charge >= 0.3 is 0 Å². The van der Waals surface area contributed by atoms with Gasteiger partial charge in [0.25, 0.3) is 0 Å². The van der Waals surface area contributed by atoms with Gasteiger partial charge in [0, 0.05) is 25.0 Å². The molecule has 0 saturated carbocycles. The molecule has 0 saturated heterocycles. The molecule has 0 N–H and O–H groups in total. The summed E-state index contributed by atoms with van der Waals surface area (Å²) in [5.74, 6) is 1.36. The third-order valence-corrected chi connectivity index (χ3v) is 3.92. The standard InChI is InChI=1S/C15H18N2O3S/c1-17-8-9-21-15(17)16-14(18)7-4-11-10-12(19-2)5-6-13(11)20-3/h5-6,8-10H,4,7H2,1-3H3. The molecule has 112 valence electrons. The van der Waals surface area contributed by atoms with Crippen LogP contribution in [0.5, 0.6) is 11.5 Å². The van der Waals surface area contributed by atoms with Gasteiger partial charge in [-0.2, -0.15) is 4.99 Å². The van der Waals surface area contributed by atoms with E-state index in [1.165, 1.54) is 11.3 Å². The Morgan fingerprint density at radius 1 is 1.33 bits per heavy atom. The van der Waals surface area contributed by atoms with Crippen LogP contribution >= 0.6 is 11.3 Å². The molecule has 1 heterocycles. The molecule has 6 heteroatoms. The lowest BCUT2D eigenvalue weighted by atomic mass is 10.1. The molecule has 0 radical (unpaired) electrons. The number of benzene rings is 1. The van der Waals surface area contributed by atoms with E-state index in [9.17, 15) is 4.79 Å². The smallest absolute Gasteiger partial charge is 0.248 e. The number of nitrogens with zero attached hydrogens (tertiary/aromatic N) is 2. The summed E-state index contributed by atoms with van der Waals surface area (Å²) in [5.41, 5.74) is 0.941. The zero-order valence-corrected chi connectivity index (χ0v) is 13.1. The van der Waals surface area contributed by atoms with Crippen molar-refractivity contribution in [2.24, 2.45) is 12.0 Å². The summed E-state index contributed by atoms with van der Waals surface area (Å²) in [4.78, 5) is 16.8. The summed E-state index contributed by atoms with van der Waals surface area (Å²) in [5, 5.41) is 1.90. The van der Waals surface area contributed by atoms with Crippen molar-refractivity contribution in [3.05, 3.63) is 40.1 Å². The third-order valence-electron chi connectivity index (χ3n) is 3.08. The Morgan fingerprint density at radius 2 is 2.14 bits per heavy atom. The third kappa shape index (κ3) is 3.95. The first-order chi connectivity index (χ1) is 10.1. The van der Waals surface area contributed by atoms with Gasteiger partial charge in [0.1, 0.15) is 11.5 Å². The van der Waals surface area contributed by atoms with Crippen LogP contribution in [0.4, 0.5) is 0 Å². The van der Waals surface area contributed by atoms with Gasteiger partial charge in [-0.3, -0.25) is 4.79 Å². The summed E-state index contributed by atoms with van der Waals surface area (Å²) in [7, 11) is 5.10. The summed E-state index contributed by atoms with van der Waals surface area (Å²) < 4.78 is 12.3. The molecule has 21 heavy (non-hydrogen) atoms. The zero-order valence-electron chi connectivity index (χ0n) is 12.3. The Balaban J connectivity index is 2.09. The van der Waals surface area contributed by atoms with Gasteiger partial charge in [0.15, 0.2) is 4.80 Å². The fraction of sp³-hybridized carbons (Fsp3) is 0.333. The highest BCUT2D eigenvalue weighted by molar-refractivity contribution is 7.07. The van der Waals surface area contributed by atoms with Crippen molar-refractivity contribution in [1.29, 1.82) is 0 Å². The second-order valence-electron chi connectivity index (χ2n) is 4.48. The minimum atomic E-state index is -0.141. The maximum Gasteiger partial charge on any atom is 0.248 e. The Bertz CT molecular complexity index is 688. The first-order valence-corrected chi connectivity index (χ1v) is 7.40. The highest BCUT2D eigenvalue weighted by Crippen LogP contribution is 2.25. The number of aromatic nitrogens is 1. The fourth-order valence-electron chi connectivity index (χ4n) is 1.92. The molecule has 1 aromatic heterocycles. The van der Waals surface area contributed by atoms with Gasteiger partial charge in [-0.25, -0.2) is 0 Å². The van der Waals surface area contributed by atoms with Crippen LogP contribution < -0.4 is 14.3 Å². The number of amides is 1. The largest absolute Gasteiger partial charge is 0.497 e. The van der Waals surface area contributed by atoms with E-state index >= 15 is 0 Å². The van der Waals surface area contributed by atoms with E-state index in [1.807, 2.05) is 41.4 Å². The van der Waals surface area contributed by atoms with Crippen LogP contribution in [0.15, 0.2) is 34.8 Å². The highest BCUT2D eigenvalue weighted by atomic mass is 32.1. The molecule has 0 aliphatic carbocycles. The first kappa shape index (κ1) is 15.3. The average molecular weight is 306 g/mol. The Labute approximate surface area is 127 Å². The van der Waals surface area contributed by atoms with E-state index in [-0.39, 0.29) is 5.91 Å². The number of aryl methyl sites for hydroxylation is 2. The number of carbonyl (C=O) groups is 1. The van der Waals surface area contributed by atoms with E-state index in [1.54, 1.807) is 14.2 Å². The predicted molar refractivity (Wildman–Crippen MR) is 81.7 cm³/mol. The van der Waals surface area contributed by atoms with Gasteiger partial charge < -0.3 is 14.0 Å². The van der Waals surface area contributed by atoms with Gasteiger partial charge in [0.05, 0.1) is 14.2 Å². The van der Waals surface area contributed by atoms with Gasteiger partial charge in [-0.05, 0) is 30.2 Å². The first-order valence-electron chi connectivity index (χ1n) is 6.52. The highest BCUT2D eigenvalue weighted by Gasteiger charge is 2.08. The molecule has 1 amide bonds. The number of thiazole rings is 1. The Kier molecular flexibility index (Phi) is 5.16. The summed E-state index contributed by atoms with van der Waals surface area (Å²) >= 11 is 1.44. The van der Waals surface area contributed by atoms with E-state index in [0.717, 1.165) is 17.1 Å². The molecule has 1 aromatic carbocycles. The topological polar surface area (TPSA) is 52.8 Å². The van der Waals surface area contributed by atoms with Crippen LogP contribution in [0.1, 0.15) is 12.0 Å². The van der Waals surface area contributed by atoms with Crippen molar-refractivity contribution in [2.75, 3.05) is 14.2 Å². The van der Waals surface area contributed by atoms with Crippen molar-refractivity contribution >= 4 is 17.2 Å². The molecule has 5 nitrogen and oxygen atoms in total. The van der Waals surface area contributed by atoms with Gasteiger partial charge in [-0.15, -0.1) is 11.3 Å². The van der Waals surface area contributed by atoms with Crippen molar-refractivity contribution in [3.63, 3.8) is 0 Å². The van der Waals surface area contributed by atoms with Crippen LogP contribution in [0.2, 0.25) is 0 Å². The predicted octanol–water partition coefficient (Wildman–Crippen LogP) is 2.16. The van der Waals surface area contributed by atoms with Crippen molar-refractivity contribution < 1.29 is 14.3 Å². The number of hydrogen-bond acceptors (Lipinski definition) is 4. The van der Waals surface area contributed by atoms with Crippen molar-refractivity contribution in [3.8, 4) is 11.5 Å². The molecule has 0 aliphatic heterocycles. The summed E-state index contributed by atoms with van der Waals surface area (Å²) in [6, 6.07) is 5.56. The average Bonchev–Trinajstić information content (AvgIpc) is 2.90. The van der Waals surface area contributed by atoms with Crippen LogP contribution in [0.25, 0.3) is 0 Å². The molecular weight excluding hydrogens is 288 g/mol. The van der Waals surface area contributed by atoms with E-state index in [4.69, 9.17) is 9.47 Å². The quantitative estimate of drug-likeness (QED) is 0.850. The summed E-state index contributed by atoms with van der Waals surface area (Å²) in [6.45, 7) is 0. The van der Waals surface area contributed by atoms with Gasteiger partial charge in [-0.1, -0.05) is 0 Å². The second kappa shape index (κ2) is 7.08. The number of rotatable bonds is 5. The number of methoxy groups -OCH3 is 2. The molecular formula is C15H18N2O3S. The van der Waals surface area contributed by atoms with Crippen molar-refractivity contribution in [2.45, 2.75) is 12.8 Å². The molecule has 0 atom stereocenters. The maximum absolute atomic E-state index is 11.9. The fourth-order valence-corrected chi connectivity index (χ4v) is 2.66. The number of carbonyl (C=O) groups excluding carboxylic acids is 1. The lowest BCUT2D eigenvalue weighted by molar-refractivity contribution is -0.118. The van der Waals surface area contributed by atoms with Crippen LogP contribution in [0, 0.1) is 0 Å². The molecule has 0 unspecified atom stereocenters. The number of ether oxygens (including phenoxy) is 2. The van der Waals surface area contributed by atoms with Crippen LogP contribution in [-0.2, 0) is 18.3 Å². The summed E-state index contributed by atoms with van der Waals surface area (Å²) in [6.07, 6.45) is 2.78. The Hall–Kier alpha value is -2.08. The zero-order chi connectivity index (χ0) is 15.2. The molecule has 2 aromatic rings. The minimum Gasteiger partial charge on any atom is -0.497 e. The van der Waals surface area contributed by atoms with Crippen LogP contribution in [-0.4, -0.2) is 24.7 Å². The SMILES string of the molecule is COc1ccc(OC)c(CCC(=O)N=c2sccn2C)c1. The normalized spacial score (nSPS) is 11.5. The van der Waals surface area contributed by atoms with E-state index in [0.29, 0.717) is 17.6 Å².